The summed E-state index contributed by atoms with van der Waals surface area (Å²) in [7, 11) is 0. The average Bonchev–Trinajstić information content (AvgIpc) is 2.59. The second kappa shape index (κ2) is 6.04. The molecule has 126 valence electrons. The summed E-state index contributed by atoms with van der Waals surface area (Å²) in [5, 5.41) is 21.7. The number of aliphatic imine (C=N–C) groups is 1. The van der Waals surface area contributed by atoms with E-state index in [1.165, 1.54) is 0 Å². The van der Waals surface area contributed by atoms with Crippen molar-refractivity contribution in [1.29, 1.82) is 10.5 Å². The van der Waals surface area contributed by atoms with Crippen LogP contribution in [0.2, 0.25) is 10.4 Å². The second-order valence-electron chi connectivity index (χ2n) is 5.00. The third kappa shape index (κ3) is 2.39. The molecular formula is C14H2Cl4N8. The highest BCUT2D eigenvalue weighted by atomic mass is 35.5. The predicted octanol–water partition coefficient (Wildman–Crippen LogP) is 3.56. The lowest BCUT2D eigenvalue weighted by molar-refractivity contribution is 1.03. The van der Waals surface area contributed by atoms with Crippen LogP contribution in [0, 0.1) is 22.7 Å². The molecule has 0 saturated heterocycles. The number of rotatable bonds is 0. The van der Waals surface area contributed by atoms with Gasteiger partial charge in [-0.05, 0) is 11.6 Å². The Labute approximate surface area is 165 Å². The Morgan fingerprint density at radius 2 is 1.54 bits per heavy atom. The van der Waals surface area contributed by atoms with Gasteiger partial charge in [0.15, 0.2) is 17.0 Å². The van der Waals surface area contributed by atoms with Gasteiger partial charge in [0.2, 0.25) is 5.28 Å². The quantitative estimate of drug-likeness (QED) is 0.192. The Bertz CT molecular complexity index is 1240. The molecule has 26 heavy (non-hydrogen) atoms. The summed E-state index contributed by atoms with van der Waals surface area (Å²) in [5.41, 5.74) is 0.209. The van der Waals surface area contributed by atoms with Gasteiger partial charge in [-0.3, -0.25) is 0 Å². The van der Waals surface area contributed by atoms with Gasteiger partial charge in [0.25, 0.3) is 0 Å². The van der Waals surface area contributed by atoms with Crippen molar-refractivity contribution in [3.05, 3.63) is 27.4 Å². The lowest BCUT2D eigenvalue weighted by atomic mass is 10.0. The van der Waals surface area contributed by atoms with E-state index in [2.05, 4.69) is 30.2 Å². The second-order valence-corrected chi connectivity index (χ2v) is 6.47. The van der Waals surface area contributed by atoms with Gasteiger partial charge in [0.1, 0.15) is 39.0 Å². The molecule has 0 bridgehead atoms. The Hall–Kier alpha value is -2.49. The molecule has 1 unspecified atom stereocenters. The van der Waals surface area contributed by atoms with Crippen LogP contribution in [0.15, 0.2) is 4.99 Å². The SMILES string of the molecule is N#Cc1nc2c3c(c4nc(Cl)nc(Cl)c4c2nc1C#N)NC(Cl)N=C3Cl. The smallest absolute Gasteiger partial charge is 0.224 e. The van der Waals surface area contributed by atoms with E-state index in [9.17, 15) is 10.5 Å². The minimum atomic E-state index is -0.857. The molecule has 3 heterocycles. The summed E-state index contributed by atoms with van der Waals surface area (Å²) in [6.45, 7) is 0. The van der Waals surface area contributed by atoms with E-state index < -0.39 is 5.62 Å². The molecule has 12 heteroatoms. The van der Waals surface area contributed by atoms with Gasteiger partial charge in [-0.2, -0.15) is 10.5 Å². The fourth-order valence-corrected chi connectivity index (χ4v) is 3.64. The highest BCUT2D eigenvalue weighted by molar-refractivity contribution is 6.71. The minimum Gasteiger partial charge on any atom is -0.349 e. The molecule has 1 N–H and O–H groups in total. The molecule has 8 nitrogen and oxygen atoms in total. The molecule has 2 aromatic heterocycles. The van der Waals surface area contributed by atoms with Crippen molar-refractivity contribution in [2.45, 2.75) is 5.62 Å². The summed E-state index contributed by atoms with van der Waals surface area (Å²) >= 11 is 24.5. The molecule has 0 amide bonds. The Kier molecular flexibility index (Phi) is 3.94. The highest BCUT2D eigenvalue weighted by Crippen LogP contribution is 2.40. The first-order chi connectivity index (χ1) is 12.4. The molecule has 1 aromatic carbocycles. The fourth-order valence-electron chi connectivity index (χ4n) is 2.63. The molecule has 0 fully saturated rings. The van der Waals surface area contributed by atoms with Gasteiger partial charge in [-0.25, -0.2) is 24.9 Å². The lowest BCUT2D eigenvalue weighted by Crippen LogP contribution is -2.20. The van der Waals surface area contributed by atoms with Gasteiger partial charge in [0.05, 0.1) is 16.6 Å². The third-order valence-corrected chi connectivity index (χ3v) is 4.54. The Balaban J connectivity index is 2.34. The maximum absolute atomic E-state index is 9.25. The van der Waals surface area contributed by atoms with E-state index in [1.807, 2.05) is 12.1 Å². The maximum Gasteiger partial charge on any atom is 0.224 e. The number of fused-ring (bicyclic) bond motifs is 6. The highest BCUT2D eigenvalue weighted by Gasteiger charge is 2.28. The first kappa shape index (κ1) is 17.0. The third-order valence-electron chi connectivity index (χ3n) is 3.60. The number of nitriles is 2. The van der Waals surface area contributed by atoms with Crippen LogP contribution in [0.5, 0.6) is 0 Å². The standard InChI is InChI=1S/C14H2Cl4N8/c15-11-5-7-8(22-4(2-20)3(1-19)21-7)6-10(9(5)23-13(17)25-11)24-14(18)26-12(6)16/h13,23H. The molecule has 0 saturated carbocycles. The van der Waals surface area contributed by atoms with Gasteiger partial charge < -0.3 is 5.32 Å². The number of hydrogen-bond donors (Lipinski definition) is 1. The van der Waals surface area contributed by atoms with Gasteiger partial charge in [-0.15, -0.1) is 0 Å². The van der Waals surface area contributed by atoms with E-state index >= 15 is 0 Å². The van der Waals surface area contributed by atoms with Crippen LogP contribution in [-0.2, 0) is 0 Å². The summed E-state index contributed by atoms with van der Waals surface area (Å²) < 4.78 is 0. The number of nitrogens with one attached hydrogen (secondary N) is 1. The summed E-state index contributed by atoms with van der Waals surface area (Å²) in [6.07, 6.45) is 0. The monoisotopic (exact) mass is 422 g/mol. The van der Waals surface area contributed by atoms with Crippen LogP contribution in [0.3, 0.4) is 0 Å². The molecule has 1 atom stereocenters. The van der Waals surface area contributed by atoms with Crippen molar-refractivity contribution in [1.82, 2.24) is 19.9 Å². The molecule has 4 rings (SSSR count). The molecular weight excluding hydrogens is 422 g/mol. The van der Waals surface area contributed by atoms with Crippen molar-refractivity contribution in [3.8, 4) is 12.1 Å². The average molecular weight is 424 g/mol. The van der Waals surface area contributed by atoms with Crippen molar-refractivity contribution < 1.29 is 0 Å². The van der Waals surface area contributed by atoms with Gasteiger partial charge in [0, 0.05) is 0 Å². The molecule has 1 aliphatic rings. The van der Waals surface area contributed by atoms with Crippen LogP contribution in [0.4, 0.5) is 5.69 Å². The predicted molar refractivity (Wildman–Crippen MR) is 97.7 cm³/mol. The number of benzene rings is 1. The van der Waals surface area contributed by atoms with E-state index in [0.717, 1.165) is 0 Å². The number of hydrogen-bond acceptors (Lipinski definition) is 8. The van der Waals surface area contributed by atoms with Crippen LogP contribution in [-0.4, -0.2) is 30.7 Å². The largest absolute Gasteiger partial charge is 0.349 e. The van der Waals surface area contributed by atoms with Crippen LogP contribution in [0.25, 0.3) is 21.9 Å². The maximum atomic E-state index is 9.25. The lowest BCUT2D eigenvalue weighted by Gasteiger charge is -2.22. The molecule has 0 aliphatic carbocycles. The van der Waals surface area contributed by atoms with Crippen molar-refractivity contribution in [2.75, 3.05) is 5.32 Å². The number of halogens is 4. The first-order valence-electron chi connectivity index (χ1n) is 6.79. The van der Waals surface area contributed by atoms with Crippen LogP contribution < -0.4 is 5.32 Å². The Morgan fingerprint density at radius 3 is 2.19 bits per heavy atom. The van der Waals surface area contributed by atoms with Gasteiger partial charge >= 0.3 is 0 Å². The molecule has 0 spiro atoms. The van der Waals surface area contributed by atoms with E-state index in [1.54, 1.807) is 0 Å². The number of aromatic nitrogens is 4. The zero-order valence-electron chi connectivity index (χ0n) is 12.2. The zero-order chi connectivity index (χ0) is 18.6. The topological polar surface area (TPSA) is 124 Å². The fraction of sp³-hybridized carbons (Fsp3) is 0.0714. The molecule has 0 radical (unpaired) electrons. The van der Waals surface area contributed by atoms with E-state index in [0.29, 0.717) is 22.2 Å². The van der Waals surface area contributed by atoms with Crippen molar-refractivity contribution >= 4 is 79.2 Å². The minimum absolute atomic E-state index is 0.00209. The first-order valence-corrected chi connectivity index (χ1v) is 8.36. The molecule has 1 aliphatic heterocycles. The van der Waals surface area contributed by atoms with Crippen LogP contribution >= 0.6 is 46.4 Å². The van der Waals surface area contributed by atoms with Crippen LogP contribution in [0.1, 0.15) is 17.0 Å². The zero-order valence-corrected chi connectivity index (χ0v) is 15.2. The Morgan fingerprint density at radius 1 is 0.885 bits per heavy atom. The van der Waals surface area contributed by atoms with Crippen molar-refractivity contribution in [2.24, 2.45) is 4.99 Å². The van der Waals surface area contributed by atoms with Gasteiger partial charge in [-0.1, -0.05) is 34.8 Å². The number of anilines is 1. The molecule has 3 aromatic rings. The normalized spacial score (nSPS) is 15.8. The summed E-state index contributed by atoms with van der Waals surface area (Å²) in [4.78, 5) is 20.6. The number of alkyl halides is 1. The summed E-state index contributed by atoms with van der Waals surface area (Å²) in [5.74, 6) is 0. The summed E-state index contributed by atoms with van der Waals surface area (Å²) in [6, 6.07) is 3.66. The number of nitrogens with zero attached hydrogens (tertiary/aromatic N) is 7. The van der Waals surface area contributed by atoms with E-state index in [4.69, 9.17) is 46.4 Å². The van der Waals surface area contributed by atoms with Crippen molar-refractivity contribution in [3.63, 3.8) is 0 Å². The van der Waals surface area contributed by atoms with E-state index in [-0.39, 0.29) is 38.0 Å².